The van der Waals surface area contributed by atoms with E-state index in [0.717, 1.165) is 11.7 Å². The van der Waals surface area contributed by atoms with E-state index >= 15 is 0 Å². The average Bonchev–Trinajstić information content (AvgIpc) is 2.41. The van der Waals surface area contributed by atoms with Gasteiger partial charge in [0.1, 0.15) is 0 Å². The fraction of sp³-hybridized carbons (Fsp3) is 0.875. The van der Waals surface area contributed by atoms with Crippen molar-refractivity contribution in [2.24, 2.45) is 0 Å². The highest BCUT2D eigenvalue weighted by atomic mass is 33.1. The highest BCUT2D eigenvalue weighted by molar-refractivity contribution is 8.77. The van der Waals surface area contributed by atoms with Crippen LogP contribution in [0.4, 0.5) is 0 Å². The second kappa shape index (κ2) is 5.36. The summed E-state index contributed by atoms with van der Waals surface area (Å²) in [5.74, 6) is 1.37. The number of hydrogen-bond donors (Lipinski definition) is 0. The summed E-state index contributed by atoms with van der Waals surface area (Å²) >= 11 is 0. The Morgan fingerprint density at radius 3 is 2.90 bits per heavy atom. The molecule has 0 aromatic carbocycles. The summed E-state index contributed by atoms with van der Waals surface area (Å²) in [6.45, 7) is 3.84. The molecule has 1 unspecified atom stereocenters. The molecular weight excluding hydrogens is 160 g/mol. The van der Waals surface area contributed by atoms with Crippen LogP contribution in [-0.2, 0) is 0 Å². The predicted octanol–water partition coefficient (Wildman–Crippen LogP) is 3.53. The van der Waals surface area contributed by atoms with Crippen LogP contribution in [0.15, 0.2) is 0 Å². The van der Waals surface area contributed by atoms with Gasteiger partial charge in [-0.3, -0.25) is 0 Å². The molecule has 0 aliphatic carbocycles. The molecule has 0 aromatic rings. The van der Waals surface area contributed by atoms with Crippen LogP contribution in [0.1, 0.15) is 32.1 Å². The SMILES string of the molecule is [CH2]CCCCC1CCSS1. The molecule has 1 saturated heterocycles. The first-order chi connectivity index (χ1) is 4.93. The van der Waals surface area contributed by atoms with Gasteiger partial charge in [-0.2, -0.15) is 0 Å². The quantitative estimate of drug-likeness (QED) is 0.473. The minimum atomic E-state index is 0.969. The predicted molar refractivity (Wildman–Crippen MR) is 52.3 cm³/mol. The first kappa shape index (κ1) is 8.79. The highest BCUT2D eigenvalue weighted by Gasteiger charge is 2.14. The largest absolute Gasteiger partial charge is 0.0938 e. The Kier molecular flexibility index (Phi) is 4.72. The van der Waals surface area contributed by atoms with E-state index in [4.69, 9.17) is 0 Å². The second-order valence-corrected chi connectivity index (χ2v) is 5.47. The summed E-state index contributed by atoms with van der Waals surface area (Å²) in [5, 5.41) is 0.969. The number of unbranched alkanes of at least 4 members (excludes halogenated alkanes) is 2. The summed E-state index contributed by atoms with van der Waals surface area (Å²) in [4.78, 5) is 0. The third kappa shape index (κ3) is 3.20. The molecule has 1 heterocycles. The molecule has 0 bridgehead atoms. The van der Waals surface area contributed by atoms with Crippen molar-refractivity contribution in [3.05, 3.63) is 6.92 Å². The zero-order valence-corrected chi connectivity index (χ0v) is 7.98. The van der Waals surface area contributed by atoms with Crippen molar-refractivity contribution >= 4 is 21.6 Å². The van der Waals surface area contributed by atoms with E-state index in [9.17, 15) is 0 Å². The van der Waals surface area contributed by atoms with E-state index in [1.165, 1.54) is 31.4 Å². The van der Waals surface area contributed by atoms with Crippen molar-refractivity contribution in [3.63, 3.8) is 0 Å². The molecule has 0 nitrogen and oxygen atoms in total. The van der Waals surface area contributed by atoms with Crippen molar-refractivity contribution in [3.8, 4) is 0 Å². The topological polar surface area (TPSA) is 0 Å². The molecule has 10 heavy (non-hydrogen) atoms. The molecule has 0 N–H and O–H groups in total. The molecule has 0 saturated carbocycles. The van der Waals surface area contributed by atoms with Gasteiger partial charge in [-0.15, -0.1) is 0 Å². The molecule has 1 aliphatic heterocycles. The molecule has 0 spiro atoms. The minimum Gasteiger partial charge on any atom is -0.0938 e. The maximum Gasteiger partial charge on any atom is 0.0159 e. The average molecular weight is 175 g/mol. The van der Waals surface area contributed by atoms with Gasteiger partial charge in [0.2, 0.25) is 0 Å². The highest BCUT2D eigenvalue weighted by Crippen LogP contribution is 2.39. The van der Waals surface area contributed by atoms with E-state index < -0.39 is 0 Å². The van der Waals surface area contributed by atoms with Gasteiger partial charge < -0.3 is 0 Å². The Labute approximate surface area is 71.9 Å². The third-order valence-electron chi connectivity index (χ3n) is 1.75. The third-order valence-corrected chi connectivity index (χ3v) is 4.76. The van der Waals surface area contributed by atoms with Gasteiger partial charge >= 0.3 is 0 Å². The molecule has 59 valence electrons. The molecule has 2 heteroatoms. The van der Waals surface area contributed by atoms with Crippen LogP contribution < -0.4 is 0 Å². The van der Waals surface area contributed by atoms with Crippen LogP contribution in [0.5, 0.6) is 0 Å². The normalized spacial score (nSPS) is 25.5. The monoisotopic (exact) mass is 175 g/mol. The van der Waals surface area contributed by atoms with Crippen molar-refractivity contribution < 1.29 is 0 Å². The summed E-state index contributed by atoms with van der Waals surface area (Å²) in [5.41, 5.74) is 0. The Hall–Kier alpha value is 0.700. The first-order valence-corrected chi connectivity index (χ1v) is 6.39. The fourth-order valence-electron chi connectivity index (χ4n) is 1.11. The van der Waals surface area contributed by atoms with Crippen LogP contribution >= 0.6 is 21.6 Å². The van der Waals surface area contributed by atoms with Gasteiger partial charge in [0.15, 0.2) is 0 Å². The molecule has 1 radical (unpaired) electrons. The molecule has 1 fully saturated rings. The zero-order valence-electron chi connectivity index (χ0n) is 6.34. The van der Waals surface area contributed by atoms with E-state index in [2.05, 4.69) is 17.7 Å². The Morgan fingerprint density at radius 2 is 2.30 bits per heavy atom. The zero-order chi connectivity index (χ0) is 7.23. The Bertz CT molecular complexity index is 77.3. The minimum absolute atomic E-state index is 0.969. The molecule has 0 aromatic heterocycles. The first-order valence-electron chi connectivity index (χ1n) is 4.01. The maximum absolute atomic E-state index is 3.84. The summed E-state index contributed by atoms with van der Waals surface area (Å²) in [6, 6.07) is 0. The summed E-state index contributed by atoms with van der Waals surface area (Å²) in [6.07, 6.45) is 6.69. The van der Waals surface area contributed by atoms with Crippen LogP contribution in [0.3, 0.4) is 0 Å². The van der Waals surface area contributed by atoms with Crippen molar-refractivity contribution in [2.45, 2.75) is 37.4 Å². The van der Waals surface area contributed by atoms with Gasteiger partial charge in [0.25, 0.3) is 0 Å². The lowest BCUT2D eigenvalue weighted by Gasteiger charge is -2.04. The van der Waals surface area contributed by atoms with Crippen LogP contribution in [0, 0.1) is 6.92 Å². The van der Waals surface area contributed by atoms with Crippen molar-refractivity contribution in [2.75, 3.05) is 5.75 Å². The number of hydrogen-bond acceptors (Lipinski definition) is 2. The summed E-state index contributed by atoms with van der Waals surface area (Å²) < 4.78 is 0. The molecule has 0 amide bonds. The smallest absolute Gasteiger partial charge is 0.0159 e. The van der Waals surface area contributed by atoms with Crippen molar-refractivity contribution in [1.29, 1.82) is 0 Å². The van der Waals surface area contributed by atoms with E-state index in [-0.39, 0.29) is 0 Å². The lowest BCUT2D eigenvalue weighted by Crippen LogP contribution is -1.96. The van der Waals surface area contributed by atoms with Crippen LogP contribution in [-0.4, -0.2) is 11.0 Å². The van der Waals surface area contributed by atoms with E-state index in [1.54, 1.807) is 0 Å². The Balaban J connectivity index is 1.91. The molecule has 1 aliphatic rings. The molecule has 1 rings (SSSR count). The summed E-state index contributed by atoms with van der Waals surface area (Å²) in [7, 11) is 4.13. The Morgan fingerprint density at radius 1 is 1.40 bits per heavy atom. The standard InChI is InChI=1S/C8H15S2/c1-2-3-4-5-8-6-7-9-10-8/h8H,1-7H2. The van der Waals surface area contributed by atoms with Gasteiger partial charge in [0.05, 0.1) is 0 Å². The van der Waals surface area contributed by atoms with Gasteiger partial charge in [0, 0.05) is 11.0 Å². The lowest BCUT2D eigenvalue weighted by atomic mass is 10.1. The van der Waals surface area contributed by atoms with Crippen molar-refractivity contribution in [1.82, 2.24) is 0 Å². The van der Waals surface area contributed by atoms with Gasteiger partial charge in [-0.1, -0.05) is 47.8 Å². The van der Waals surface area contributed by atoms with E-state index in [1.807, 2.05) is 10.8 Å². The second-order valence-electron chi connectivity index (χ2n) is 2.68. The molecule has 1 atom stereocenters. The maximum atomic E-state index is 3.84. The van der Waals surface area contributed by atoms with Gasteiger partial charge in [-0.05, 0) is 12.8 Å². The lowest BCUT2D eigenvalue weighted by molar-refractivity contribution is 0.656. The molecular formula is C8H15S2. The number of rotatable bonds is 4. The van der Waals surface area contributed by atoms with Crippen LogP contribution in [0.25, 0.3) is 0 Å². The van der Waals surface area contributed by atoms with E-state index in [0.29, 0.717) is 0 Å². The fourth-order valence-corrected chi connectivity index (χ4v) is 4.14. The van der Waals surface area contributed by atoms with Gasteiger partial charge in [-0.25, -0.2) is 0 Å². The van der Waals surface area contributed by atoms with Crippen LogP contribution in [0.2, 0.25) is 0 Å².